The van der Waals surface area contributed by atoms with Gasteiger partial charge < -0.3 is 19.7 Å². The largest absolute Gasteiger partial charge is 0.474 e. The molecule has 2 aliphatic heterocycles. The van der Waals surface area contributed by atoms with Crippen LogP contribution >= 0.6 is 0 Å². The Morgan fingerprint density at radius 2 is 1.89 bits per heavy atom. The summed E-state index contributed by atoms with van der Waals surface area (Å²) in [6.45, 7) is 2.70. The first-order valence-corrected chi connectivity index (χ1v) is 9.48. The molecular formula is C20H24N4O3. The molecule has 4 rings (SSSR count). The molecule has 7 nitrogen and oxygen atoms in total. The number of hydrogen-bond donors (Lipinski definition) is 1. The summed E-state index contributed by atoms with van der Waals surface area (Å²) in [7, 11) is 0. The second kappa shape index (κ2) is 8.35. The molecule has 2 aliphatic rings. The summed E-state index contributed by atoms with van der Waals surface area (Å²) in [6.07, 6.45) is 4.79. The minimum atomic E-state index is -0.0623. The molecule has 1 N–H and O–H groups in total. The van der Waals surface area contributed by atoms with Crippen LogP contribution in [0.15, 0.2) is 36.7 Å². The second-order valence-electron chi connectivity index (χ2n) is 6.82. The van der Waals surface area contributed by atoms with Crippen molar-refractivity contribution in [2.75, 3.05) is 31.6 Å². The highest BCUT2D eigenvalue weighted by Crippen LogP contribution is 2.25. The second-order valence-corrected chi connectivity index (χ2v) is 6.82. The van der Waals surface area contributed by atoms with Gasteiger partial charge in [-0.05, 0) is 12.1 Å². The molecule has 1 saturated heterocycles. The average Bonchev–Trinajstić information content (AvgIpc) is 2.96. The van der Waals surface area contributed by atoms with E-state index in [1.54, 1.807) is 6.33 Å². The van der Waals surface area contributed by atoms with Gasteiger partial charge in [0.05, 0.1) is 18.9 Å². The fourth-order valence-electron chi connectivity index (χ4n) is 3.50. The van der Waals surface area contributed by atoms with E-state index in [1.165, 1.54) is 0 Å². The molecule has 0 bridgehead atoms. The number of amides is 2. The third-order valence-electron chi connectivity index (χ3n) is 5.01. The van der Waals surface area contributed by atoms with Crippen molar-refractivity contribution in [2.45, 2.75) is 31.8 Å². The zero-order valence-electron chi connectivity index (χ0n) is 15.3. The lowest BCUT2D eigenvalue weighted by Gasteiger charge is -2.32. The van der Waals surface area contributed by atoms with Gasteiger partial charge in [-0.1, -0.05) is 18.2 Å². The number of urea groups is 1. The first kappa shape index (κ1) is 17.7. The van der Waals surface area contributed by atoms with E-state index >= 15 is 0 Å². The van der Waals surface area contributed by atoms with Crippen LogP contribution in [0, 0.1) is 0 Å². The van der Waals surface area contributed by atoms with E-state index in [0.29, 0.717) is 32.2 Å². The van der Waals surface area contributed by atoms with Gasteiger partial charge in [0.2, 0.25) is 5.88 Å². The molecule has 0 aliphatic carbocycles. The van der Waals surface area contributed by atoms with Gasteiger partial charge in [0.1, 0.15) is 12.4 Å². The lowest BCUT2D eigenvalue weighted by Crippen LogP contribution is -2.43. The number of fused-ring (bicyclic) bond motifs is 1. The number of para-hydroxylation sites is 1. The van der Waals surface area contributed by atoms with Gasteiger partial charge in [0.15, 0.2) is 0 Å². The van der Waals surface area contributed by atoms with Crippen molar-refractivity contribution < 1.29 is 14.3 Å². The molecule has 0 radical (unpaired) electrons. The molecular weight excluding hydrogens is 344 g/mol. The predicted octanol–water partition coefficient (Wildman–Crippen LogP) is 2.67. The number of nitrogens with zero attached hydrogens (tertiary/aromatic N) is 3. The Morgan fingerprint density at radius 1 is 1.11 bits per heavy atom. The smallest absolute Gasteiger partial charge is 0.321 e. The van der Waals surface area contributed by atoms with Gasteiger partial charge in [0, 0.05) is 50.0 Å². The molecule has 0 saturated carbocycles. The SMILES string of the molecule is O=C(Nc1ccccc1)N1CCC(Oc2ncnc3c2CCOCC3)CC1. The van der Waals surface area contributed by atoms with Crippen molar-refractivity contribution >= 4 is 11.7 Å². The normalized spacial score (nSPS) is 17.7. The maximum atomic E-state index is 12.4. The molecule has 0 atom stereocenters. The van der Waals surface area contributed by atoms with Crippen LogP contribution in [0.25, 0.3) is 0 Å². The number of ether oxygens (including phenoxy) is 2. The summed E-state index contributed by atoms with van der Waals surface area (Å²) in [6, 6.07) is 9.46. The van der Waals surface area contributed by atoms with Gasteiger partial charge in [0.25, 0.3) is 0 Å². The zero-order chi connectivity index (χ0) is 18.5. The number of benzene rings is 1. The van der Waals surface area contributed by atoms with Crippen LogP contribution in [0.3, 0.4) is 0 Å². The number of piperidine rings is 1. The average molecular weight is 368 g/mol. The van der Waals surface area contributed by atoms with Gasteiger partial charge in [-0.15, -0.1) is 0 Å². The third kappa shape index (κ3) is 4.36. The molecule has 1 aromatic heterocycles. The van der Waals surface area contributed by atoms with Crippen LogP contribution < -0.4 is 10.1 Å². The first-order valence-electron chi connectivity index (χ1n) is 9.48. The van der Waals surface area contributed by atoms with Crippen LogP contribution in [-0.4, -0.2) is 53.3 Å². The predicted molar refractivity (Wildman–Crippen MR) is 101 cm³/mol. The topological polar surface area (TPSA) is 76.6 Å². The highest BCUT2D eigenvalue weighted by molar-refractivity contribution is 5.89. The molecule has 142 valence electrons. The van der Waals surface area contributed by atoms with E-state index < -0.39 is 0 Å². The van der Waals surface area contributed by atoms with Gasteiger partial charge >= 0.3 is 6.03 Å². The number of likely N-dealkylation sites (tertiary alicyclic amines) is 1. The van der Waals surface area contributed by atoms with Crippen molar-refractivity contribution in [2.24, 2.45) is 0 Å². The number of rotatable bonds is 3. The van der Waals surface area contributed by atoms with Crippen molar-refractivity contribution in [3.05, 3.63) is 47.9 Å². The van der Waals surface area contributed by atoms with Gasteiger partial charge in [-0.3, -0.25) is 0 Å². The number of carbonyl (C=O) groups excluding carboxylic acids is 1. The van der Waals surface area contributed by atoms with Gasteiger partial charge in [-0.2, -0.15) is 0 Å². The highest BCUT2D eigenvalue weighted by atomic mass is 16.5. The number of anilines is 1. The zero-order valence-corrected chi connectivity index (χ0v) is 15.3. The van der Waals surface area contributed by atoms with Crippen molar-refractivity contribution in [1.82, 2.24) is 14.9 Å². The van der Waals surface area contributed by atoms with Crippen LogP contribution in [0.5, 0.6) is 5.88 Å². The molecule has 27 heavy (non-hydrogen) atoms. The van der Waals surface area contributed by atoms with Crippen molar-refractivity contribution in [1.29, 1.82) is 0 Å². The summed E-state index contributed by atoms with van der Waals surface area (Å²) in [4.78, 5) is 23.0. The summed E-state index contributed by atoms with van der Waals surface area (Å²) >= 11 is 0. The van der Waals surface area contributed by atoms with E-state index in [-0.39, 0.29) is 12.1 Å². The van der Waals surface area contributed by atoms with Gasteiger partial charge in [-0.25, -0.2) is 14.8 Å². The summed E-state index contributed by atoms with van der Waals surface area (Å²) < 4.78 is 11.7. The minimum Gasteiger partial charge on any atom is -0.474 e. The molecule has 3 heterocycles. The molecule has 2 amide bonds. The third-order valence-corrected chi connectivity index (χ3v) is 5.01. The van der Waals surface area contributed by atoms with Crippen LogP contribution in [0.4, 0.5) is 10.5 Å². The van der Waals surface area contributed by atoms with E-state index in [2.05, 4.69) is 15.3 Å². The fraction of sp³-hybridized carbons (Fsp3) is 0.450. The Labute approximate surface area is 158 Å². The molecule has 2 aromatic rings. The number of carbonyl (C=O) groups is 1. The standard InChI is InChI=1S/C20H24N4O3/c25-20(23-15-4-2-1-3-5-15)24-10-6-16(7-11-24)27-19-17-8-12-26-13-9-18(17)21-14-22-19/h1-5,14,16H,6-13H2,(H,23,25). The van der Waals surface area contributed by atoms with Crippen molar-refractivity contribution in [3.8, 4) is 5.88 Å². The number of hydrogen-bond acceptors (Lipinski definition) is 5. The molecule has 0 spiro atoms. The Kier molecular flexibility index (Phi) is 5.48. The lowest BCUT2D eigenvalue weighted by molar-refractivity contribution is 0.109. The summed E-state index contributed by atoms with van der Waals surface area (Å²) in [5.41, 5.74) is 2.91. The quantitative estimate of drug-likeness (QED) is 0.901. The molecule has 0 unspecified atom stereocenters. The highest BCUT2D eigenvalue weighted by Gasteiger charge is 2.26. The summed E-state index contributed by atoms with van der Waals surface area (Å²) in [5, 5.41) is 2.94. The maximum Gasteiger partial charge on any atom is 0.321 e. The minimum absolute atomic E-state index is 0.0623. The maximum absolute atomic E-state index is 12.4. The number of aromatic nitrogens is 2. The Morgan fingerprint density at radius 3 is 2.70 bits per heavy atom. The van der Waals surface area contributed by atoms with Crippen molar-refractivity contribution in [3.63, 3.8) is 0 Å². The van der Waals surface area contributed by atoms with E-state index in [0.717, 1.165) is 42.6 Å². The summed E-state index contributed by atoms with van der Waals surface area (Å²) in [5.74, 6) is 0.678. The molecule has 1 fully saturated rings. The Bertz CT molecular complexity index is 776. The fourth-order valence-corrected chi connectivity index (χ4v) is 3.50. The molecule has 1 aromatic carbocycles. The van der Waals surface area contributed by atoms with Crippen LogP contribution in [0.2, 0.25) is 0 Å². The van der Waals surface area contributed by atoms with E-state index in [9.17, 15) is 4.79 Å². The number of nitrogens with one attached hydrogen (secondary N) is 1. The Balaban J connectivity index is 1.33. The first-order chi connectivity index (χ1) is 13.3. The molecule has 7 heteroatoms. The lowest BCUT2D eigenvalue weighted by atomic mass is 10.1. The van der Waals surface area contributed by atoms with E-state index in [4.69, 9.17) is 9.47 Å². The van der Waals surface area contributed by atoms with Crippen LogP contribution in [0.1, 0.15) is 24.1 Å². The monoisotopic (exact) mass is 368 g/mol. The van der Waals surface area contributed by atoms with Crippen LogP contribution in [-0.2, 0) is 17.6 Å². The Hall–Kier alpha value is -2.67. The van der Waals surface area contributed by atoms with E-state index in [1.807, 2.05) is 35.2 Å².